The summed E-state index contributed by atoms with van der Waals surface area (Å²) in [5.41, 5.74) is 22.1. The van der Waals surface area contributed by atoms with E-state index in [2.05, 4.69) is 263 Å². The van der Waals surface area contributed by atoms with Gasteiger partial charge in [0.2, 0.25) is 0 Å². The molecule has 8 heteroatoms. The number of piperidine rings is 1. The summed E-state index contributed by atoms with van der Waals surface area (Å²) in [5, 5.41) is 19.4. The van der Waals surface area contributed by atoms with Gasteiger partial charge in [0.25, 0.3) is 0 Å². The first kappa shape index (κ1) is 81.8. The molecule has 3 heterocycles. The predicted octanol–water partition coefficient (Wildman–Crippen LogP) is 25.3. The number of benzene rings is 9. The molecule has 4 nitrogen and oxygen atoms in total. The van der Waals surface area contributed by atoms with Gasteiger partial charge in [-0.05, 0) is 185 Å². The number of thiophene rings is 1. The van der Waals surface area contributed by atoms with Crippen LogP contribution >= 0.6 is 11.3 Å². The van der Waals surface area contributed by atoms with Crippen LogP contribution in [0, 0.1) is 62.3 Å². The van der Waals surface area contributed by atoms with Crippen molar-refractivity contribution in [3.63, 3.8) is 0 Å². The Morgan fingerprint density at radius 3 is 1.18 bits per heavy atom. The molecule has 0 unspecified atom stereocenters. The number of pyridine rings is 1. The Bertz CT molecular complexity index is 3840. The van der Waals surface area contributed by atoms with E-state index in [-0.39, 0.29) is 18.6 Å². The summed E-state index contributed by atoms with van der Waals surface area (Å²) in [6, 6.07) is 81.3. The summed E-state index contributed by atoms with van der Waals surface area (Å²) in [5.74, 6) is 1.31. The fraction of sp³-hybridized carbons (Fsp3) is 0.300. The molecule has 0 bridgehead atoms. The van der Waals surface area contributed by atoms with Crippen LogP contribution < -0.4 is 4.90 Å². The Balaban J connectivity index is 0.000000235. The molecule has 0 aliphatic carbocycles. The van der Waals surface area contributed by atoms with Crippen LogP contribution in [-0.2, 0) is 24.8 Å². The molecular formula is C90H109F3N2O2S. The van der Waals surface area contributed by atoms with Crippen molar-refractivity contribution in [3.05, 3.63) is 344 Å². The van der Waals surface area contributed by atoms with Gasteiger partial charge in [-0.2, -0.15) is 13.2 Å². The van der Waals surface area contributed by atoms with Crippen LogP contribution in [0.25, 0.3) is 21.6 Å². The van der Waals surface area contributed by atoms with Crippen molar-refractivity contribution >= 4 is 17.0 Å². The number of aliphatic hydroxyl groups excluding tert-OH is 2. The molecule has 1 aliphatic heterocycles. The van der Waals surface area contributed by atoms with E-state index in [1.165, 1.54) is 127 Å². The quantitative estimate of drug-likeness (QED) is 0.167. The molecule has 1 fully saturated rings. The standard InChI is InChI=1S/C12H11N.C12H17N.C11H10S.C11H16.2C10H14.C8H7F3.2C8H10O/c1-10-3-2-4-12(9-10)11-5-7-13-8-6-11;1-11-5-7-12(8-6-11)13-9-3-2-4-10-13;1-9-4-2-5-10(8-9)11-6-3-7-12-11;1-9-5-7-10(8-6-9)11(2,3)4;2*1-8(2)10-6-4-9(3)5-7-10;1-6-3-2-4-7(5-6)8(9,10)11;1-7-2-4-8(6-9)5-3-7;1-7-3-2-4-8(5-7)6-9/h2-9H,1H3;5-8H,2-4,9-10H2,1H3;2-8H,1H3;5-8H,1-4H3;2*4-8H,1-3H3;2-5H,1H3;2*2-5,9H,6H2,1H3. The number of hydrogen-bond donors (Lipinski definition) is 2. The average molecular weight is 1340 g/mol. The number of halogens is 3. The maximum Gasteiger partial charge on any atom is 0.416 e. The van der Waals surface area contributed by atoms with Gasteiger partial charge in [0.15, 0.2) is 0 Å². The molecule has 2 N–H and O–H groups in total. The van der Waals surface area contributed by atoms with Gasteiger partial charge in [-0.1, -0.05) is 305 Å². The zero-order valence-electron chi connectivity index (χ0n) is 61.3. The van der Waals surface area contributed by atoms with E-state index < -0.39 is 11.7 Å². The first-order valence-corrected chi connectivity index (χ1v) is 35.1. The highest BCUT2D eigenvalue weighted by atomic mass is 32.1. The minimum absolute atomic E-state index is 0.139. The van der Waals surface area contributed by atoms with Crippen LogP contribution in [0.4, 0.5) is 18.9 Å². The van der Waals surface area contributed by atoms with Gasteiger partial charge in [0.1, 0.15) is 0 Å². The van der Waals surface area contributed by atoms with E-state index >= 15 is 0 Å². The monoisotopic (exact) mass is 1340 g/mol. The van der Waals surface area contributed by atoms with Crippen LogP contribution in [0.3, 0.4) is 0 Å². The van der Waals surface area contributed by atoms with Gasteiger partial charge in [-0.15, -0.1) is 11.3 Å². The van der Waals surface area contributed by atoms with E-state index in [4.69, 9.17) is 10.2 Å². The number of rotatable bonds is 7. The maximum atomic E-state index is 12.0. The number of hydrogen-bond acceptors (Lipinski definition) is 5. The molecule has 12 rings (SSSR count). The third-order valence-electron chi connectivity index (χ3n) is 15.9. The predicted molar refractivity (Wildman–Crippen MR) is 417 cm³/mol. The van der Waals surface area contributed by atoms with Crippen molar-refractivity contribution < 1.29 is 23.4 Å². The summed E-state index contributed by atoms with van der Waals surface area (Å²) >= 11 is 1.78. The highest BCUT2D eigenvalue weighted by Crippen LogP contribution is 2.30. The van der Waals surface area contributed by atoms with Crippen molar-refractivity contribution in [2.75, 3.05) is 18.0 Å². The Morgan fingerprint density at radius 1 is 0.388 bits per heavy atom. The maximum absolute atomic E-state index is 12.0. The van der Waals surface area contributed by atoms with Crippen LogP contribution in [0.5, 0.6) is 0 Å². The van der Waals surface area contributed by atoms with E-state index in [9.17, 15) is 13.2 Å². The van der Waals surface area contributed by atoms with Crippen molar-refractivity contribution in [2.24, 2.45) is 0 Å². The second-order valence-corrected chi connectivity index (χ2v) is 27.7. The van der Waals surface area contributed by atoms with E-state index in [0.29, 0.717) is 17.4 Å². The SMILES string of the molecule is Cc1ccc(C(C)(C)C)cc1.Cc1ccc(C(C)C)cc1.Cc1ccc(C(C)C)cc1.Cc1ccc(CO)cc1.Cc1ccc(N2CCCCC2)cc1.Cc1cccc(-c2cccs2)c1.Cc1cccc(-c2ccncc2)c1.Cc1cccc(C(F)(F)F)c1.Cc1cccc(CO)c1. The Labute approximate surface area is 592 Å². The number of aliphatic hydroxyl groups is 2. The van der Waals surface area contributed by atoms with Gasteiger partial charge in [-0.25, -0.2) is 0 Å². The zero-order valence-corrected chi connectivity index (χ0v) is 62.1. The average Bonchev–Trinajstić information content (AvgIpc) is 2.99. The van der Waals surface area contributed by atoms with E-state index in [0.717, 1.165) is 23.3 Å². The molecule has 2 aromatic heterocycles. The number of anilines is 1. The van der Waals surface area contributed by atoms with Gasteiger partial charge in [-0.3, -0.25) is 4.98 Å². The molecule has 0 radical (unpaired) electrons. The Hall–Kier alpha value is -8.66. The minimum Gasteiger partial charge on any atom is -0.392 e. The minimum atomic E-state index is -4.22. The summed E-state index contributed by atoms with van der Waals surface area (Å²) in [4.78, 5) is 7.83. The normalized spacial score (nSPS) is 11.4. The largest absolute Gasteiger partial charge is 0.416 e. The van der Waals surface area contributed by atoms with Crippen molar-refractivity contribution in [2.45, 2.75) is 167 Å². The van der Waals surface area contributed by atoms with Crippen LogP contribution in [0.2, 0.25) is 0 Å². The smallest absolute Gasteiger partial charge is 0.392 e. The third kappa shape index (κ3) is 33.1. The molecule has 0 saturated carbocycles. The highest BCUT2D eigenvalue weighted by Gasteiger charge is 2.30. The molecule has 0 amide bonds. The van der Waals surface area contributed by atoms with Crippen LogP contribution in [0.15, 0.2) is 260 Å². The molecule has 9 aromatic carbocycles. The lowest BCUT2D eigenvalue weighted by atomic mass is 9.87. The number of alkyl halides is 3. The fourth-order valence-corrected chi connectivity index (χ4v) is 10.5. The zero-order chi connectivity index (χ0) is 72.0. The van der Waals surface area contributed by atoms with Gasteiger partial charge in [0.05, 0.1) is 18.8 Å². The lowest BCUT2D eigenvalue weighted by molar-refractivity contribution is -0.137. The fourth-order valence-electron chi connectivity index (χ4n) is 9.80. The number of nitrogens with zero attached hydrogens (tertiary/aromatic N) is 2. The first-order chi connectivity index (χ1) is 46.6. The summed E-state index contributed by atoms with van der Waals surface area (Å²) in [6.07, 6.45) is 3.53. The van der Waals surface area contributed by atoms with E-state index in [1.54, 1.807) is 24.3 Å². The van der Waals surface area contributed by atoms with Crippen LogP contribution in [0.1, 0.15) is 163 Å². The van der Waals surface area contributed by atoms with Gasteiger partial charge >= 0.3 is 6.18 Å². The summed E-state index contributed by atoms with van der Waals surface area (Å²) in [6.45, 7) is 36.7. The second kappa shape index (κ2) is 43.6. The summed E-state index contributed by atoms with van der Waals surface area (Å²) in [7, 11) is 0. The molecule has 0 spiro atoms. The van der Waals surface area contributed by atoms with Gasteiger partial charge < -0.3 is 15.1 Å². The molecule has 0 atom stereocenters. The first-order valence-electron chi connectivity index (χ1n) is 34.2. The van der Waals surface area contributed by atoms with Crippen molar-refractivity contribution in [3.8, 4) is 21.6 Å². The van der Waals surface area contributed by atoms with E-state index in [1.807, 2.05) is 86.9 Å². The topological polar surface area (TPSA) is 56.6 Å². The van der Waals surface area contributed by atoms with Gasteiger partial charge in [0, 0.05) is 36.0 Å². The lowest BCUT2D eigenvalue weighted by Gasteiger charge is -2.28. The number of aryl methyl sites for hydroxylation is 9. The molecule has 1 aliphatic rings. The van der Waals surface area contributed by atoms with Crippen LogP contribution in [-0.4, -0.2) is 28.3 Å². The highest BCUT2D eigenvalue weighted by molar-refractivity contribution is 7.13. The third-order valence-corrected chi connectivity index (χ3v) is 16.8. The lowest BCUT2D eigenvalue weighted by Crippen LogP contribution is -2.29. The Morgan fingerprint density at radius 2 is 0.796 bits per heavy atom. The molecule has 98 heavy (non-hydrogen) atoms. The molecule has 518 valence electrons. The van der Waals surface area contributed by atoms with Crippen molar-refractivity contribution in [1.82, 2.24) is 4.98 Å². The second-order valence-electron chi connectivity index (χ2n) is 26.7. The Kier molecular flexibility index (Phi) is 36.4. The van der Waals surface area contributed by atoms with Crippen molar-refractivity contribution in [1.29, 1.82) is 0 Å². The molecule has 1 saturated heterocycles. The molecular weight excluding hydrogens is 1230 g/mol. The number of aromatic nitrogens is 1. The molecule has 11 aromatic rings. The summed E-state index contributed by atoms with van der Waals surface area (Å²) < 4.78 is 35.9.